The van der Waals surface area contributed by atoms with Gasteiger partial charge >= 0.3 is 0 Å². The van der Waals surface area contributed by atoms with E-state index in [9.17, 15) is 4.79 Å². The summed E-state index contributed by atoms with van der Waals surface area (Å²) in [7, 11) is 0. The lowest BCUT2D eigenvalue weighted by Crippen LogP contribution is -2.08. The second kappa shape index (κ2) is 6.91. The molecule has 0 amide bonds. The summed E-state index contributed by atoms with van der Waals surface area (Å²) < 4.78 is 7.94. The fourth-order valence-corrected chi connectivity index (χ4v) is 2.84. The highest BCUT2D eigenvalue weighted by atomic mass is 16.5. The Kier molecular flexibility index (Phi) is 4.70. The topological polar surface area (TPSA) is 31.2 Å². The number of hydrogen-bond donors (Lipinski definition) is 0. The zero-order valence-electron chi connectivity index (χ0n) is 14.5. The summed E-state index contributed by atoms with van der Waals surface area (Å²) in [6.45, 7) is 7.21. The van der Waals surface area contributed by atoms with Crippen molar-refractivity contribution in [3.63, 3.8) is 0 Å². The van der Waals surface area contributed by atoms with Crippen molar-refractivity contribution in [2.45, 2.75) is 27.3 Å². The monoisotopic (exact) mass is 321 g/mol. The number of aryl methyl sites for hydroxylation is 1. The summed E-state index contributed by atoms with van der Waals surface area (Å²) in [6, 6.07) is 16.1. The van der Waals surface area contributed by atoms with Crippen molar-refractivity contribution in [2.24, 2.45) is 5.92 Å². The number of ether oxygens (including phenoxy) is 1. The van der Waals surface area contributed by atoms with Gasteiger partial charge in [0.15, 0.2) is 5.78 Å². The Morgan fingerprint density at radius 1 is 1.08 bits per heavy atom. The highest BCUT2D eigenvalue weighted by Crippen LogP contribution is 2.24. The quantitative estimate of drug-likeness (QED) is 0.607. The van der Waals surface area contributed by atoms with Crippen molar-refractivity contribution >= 4 is 16.7 Å². The number of nitrogens with zero attached hydrogens (tertiary/aromatic N) is 1. The Morgan fingerprint density at radius 2 is 1.79 bits per heavy atom. The van der Waals surface area contributed by atoms with Gasteiger partial charge in [-0.2, -0.15) is 0 Å². The van der Waals surface area contributed by atoms with E-state index in [2.05, 4.69) is 17.6 Å². The molecule has 3 aromatic rings. The van der Waals surface area contributed by atoms with Crippen LogP contribution in [0.5, 0.6) is 5.75 Å². The van der Waals surface area contributed by atoms with Crippen LogP contribution in [-0.4, -0.2) is 17.0 Å². The first-order valence-electron chi connectivity index (χ1n) is 8.38. The van der Waals surface area contributed by atoms with Crippen LogP contribution in [0.25, 0.3) is 10.9 Å². The van der Waals surface area contributed by atoms with Crippen molar-refractivity contribution < 1.29 is 9.53 Å². The summed E-state index contributed by atoms with van der Waals surface area (Å²) in [5, 5.41) is 1.02. The van der Waals surface area contributed by atoms with Crippen LogP contribution in [0.1, 0.15) is 29.8 Å². The predicted octanol–water partition coefficient (Wildman–Crippen LogP) is 4.87. The fourth-order valence-electron chi connectivity index (χ4n) is 2.84. The van der Waals surface area contributed by atoms with E-state index >= 15 is 0 Å². The van der Waals surface area contributed by atoms with Gasteiger partial charge in [0, 0.05) is 28.6 Å². The number of ketones is 1. The third-order valence-corrected chi connectivity index (χ3v) is 4.20. The number of benzene rings is 2. The van der Waals surface area contributed by atoms with Crippen molar-refractivity contribution in [1.29, 1.82) is 0 Å². The highest BCUT2D eigenvalue weighted by molar-refractivity contribution is 6.08. The first kappa shape index (κ1) is 16.3. The van der Waals surface area contributed by atoms with E-state index < -0.39 is 0 Å². The van der Waals surface area contributed by atoms with Crippen molar-refractivity contribution in [1.82, 2.24) is 4.57 Å². The van der Waals surface area contributed by atoms with E-state index in [0.29, 0.717) is 13.2 Å². The lowest BCUT2D eigenvalue weighted by Gasteiger charge is -2.08. The third-order valence-electron chi connectivity index (χ3n) is 4.20. The van der Waals surface area contributed by atoms with Crippen LogP contribution in [0.3, 0.4) is 0 Å². The summed E-state index contributed by atoms with van der Waals surface area (Å²) in [4.78, 5) is 12.5. The molecule has 0 N–H and O–H groups in total. The standard InChI is InChI=1S/C21H23NO2/c1-15(2)21(23)19-14-22(20-7-5-4-6-18(19)20)12-13-24-17-10-8-16(3)9-11-17/h4-11,14-15H,12-13H2,1-3H3. The molecule has 0 saturated heterocycles. The molecule has 0 aliphatic rings. The van der Waals surface area contributed by atoms with Gasteiger partial charge in [-0.1, -0.05) is 49.7 Å². The van der Waals surface area contributed by atoms with E-state index in [1.807, 2.05) is 62.5 Å². The summed E-state index contributed by atoms with van der Waals surface area (Å²) in [5.74, 6) is 1.05. The molecular weight excluding hydrogens is 298 g/mol. The number of carbonyl (C=O) groups excluding carboxylic acids is 1. The van der Waals surface area contributed by atoms with Gasteiger partial charge in [-0.05, 0) is 25.1 Å². The Labute approximate surface area is 142 Å². The maximum atomic E-state index is 12.5. The first-order chi connectivity index (χ1) is 11.6. The van der Waals surface area contributed by atoms with Crippen LogP contribution >= 0.6 is 0 Å². The Bertz CT molecular complexity index is 844. The molecule has 0 atom stereocenters. The molecule has 0 spiro atoms. The molecule has 2 aromatic carbocycles. The normalized spacial score (nSPS) is 11.2. The van der Waals surface area contributed by atoms with Gasteiger partial charge in [-0.25, -0.2) is 0 Å². The fraction of sp³-hybridized carbons (Fsp3) is 0.286. The lowest BCUT2D eigenvalue weighted by atomic mass is 10.0. The summed E-state index contributed by atoms with van der Waals surface area (Å²) in [6.07, 6.45) is 1.96. The molecular formula is C21H23NO2. The third kappa shape index (κ3) is 3.35. The molecule has 1 aromatic heterocycles. The molecule has 0 bridgehead atoms. The van der Waals surface area contributed by atoms with Gasteiger partial charge in [0.1, 0.15) is 12.4 Å². The van der Waals surface area contributed by atoms with E-state index in [-0.39, 0.29) is 11.7 Å². The van der Waals surface area contributed by atoms with Crippen molar-refractivity contribution in [2.75, 3.05) is 6.61 Å². The number of para-hydroxylation sites is 1. The molecule has 124 valence electrons. The van der Waals surface area contributed by atoms with E-state index in [0.717, 1.165) is 22.2 Å². The van der Waals surface area contributed by atoms with Crippen LogP contribution in [0.15, 0.2) is 54.7 Å². The lowest BCUT2D eigenvalue weighted by molar-refractivity contribution is 0.0941. The van der Waals surface area contributed by atoms with Gasteiger partial charge in [0.2, 0.25) is 0 Å². The second-order valence-electron chi connectivity index (χ2n) is 6.43. The summed E-state index contributed by atoms with van der Waals surface area (Å²) >= 11 is 0. The van der Waals surface area contributed by atoms with E-state index in [4.69, 9.17) is 4.74 Å². The molecule has 0 aliphatic heterocycles. The minimum atomic E-state index is -0.00642. The molecule has 3 nitrogen and oxygen atoms in total. The van der Waals surface area contributed by atoms with Gasteiger partial charge in [0.05, 0.1) is 6.54 Å². The minimum Gasteiger partial charge on any atom is -0.492 e. The van der Waals surface area contributed by atoms with Crippen LogP contribution in [0.4, 0.5) is 0 Å². The first-order valence-corrected chi connectivity index (χ1v) is 8.38. The molecule has 3 heteroatoms. The predicted molar refractivity (Wildman–Crippen MR) is 97.8 cm³/mol. The van der Waals surface area contributed by atoms with Crippen molar-refractivity contribution in [3.8, 4) is 5.75 Å². The average molecular weight is 321 g/mol. The number of carbonyl (C=O) groups is 1. The number of Topliss-reactive ketones (excluding diaryl/α,β-unsaturated/α-hetero) is 1. The molecule has 0 aliphatic carbocycles. The second-order valence-corrected chi connectivity index (χ2v) is 6.43. The molecule has 24 heavy (non-hydrogen) atoms. The molecule has 0 unspecified atom stereocenters. The summed E-state index contributed by atoms with van der Waals surface area (Å²) in [5.41, 5.74) is 3.10. The van der Waals surface area contributed by atoms with Crippen LogP contribution in [0.2, 0.25) is 0 Å². The van der Waals surface area contributed by atoms with Gasteiger partial charge in [-0.15, -0.1) is 0 Å². The SMILES string of the molecule is Cc1ccc(OCCn2cc(C(=O)C(C)C)c3ccccc32)cc1. The number of fused-ring (bicyclic) bond motifs is 1. The highest BCUT2D eigenvalue weighted by Gasteiger charge is 2.17. The van der Waals surface area contributed by atoms with E-state index in [1.165, 1.54) is 5.56 Å². The molecule has 3 rings (SSSR count). The average Bonchev–Trinajstić information content (AvgIpc) is 2.95. The van der Waals surface area contributed by atoms with E-state index in [1.54, 1.807) is 0 Å². The smallest absolute Gasteiger partial charge is 0.167 e. The number of aromatic nitrogens is 1. The maximum Gasteiger partial charge on any atom is 0.167 e. The van der Waals surface area contributed by atoms with Gasteiger partial charge in [-0.3, -0.25) is 4.79 Å². The largest absolute Gasteiger partial charge is 0.492 e. The number of rotatable bonds is 6. The Balaban J connectivity index is 1.79. The van der Waals surface area contributed by atoms with Gasteiger partial charge < -0.3 is 9.30 Å². The number of hydrogen-bond acceptors (Lipinski definition) is 2. The zero-order chi connectivity index (χ0) is 17.1. The van der Waals surface area contributed by atoms with Crippen molar-refractivity contribution in [3.05, 3.63) is 65.9 Å². The van der Waals surface area contributed by atoms with Crippen LogP contribution in [0, 0.1) is 12.8 Å². The van der Waals surface area contributed by atoms with Gasteiger partial charge in [0.25, 0.3) is 0 Å². The molecule has 1 heterocycles. The minimum absolute atomic E-state index is 0.00642. The molecule has 0 fully saturated rings. The maximum absolute atomic E-state index is 12.5. The van der Waals surface area contributed by atoms with Crippen LogP contribution < -0.4 is 4.74 Å². The molecule has 0 radical (unpaired) electrons. The molecule has 0 saturated carbocycles. The Morgan fingerprint density at radius 3 is 2.50 bits per heavy atom. The zero-order valence-corrected chi connectivity index (χ0v) is 14.5. The Hall–Kier alpha value is -2.55. The van der Waals surface area contributed by atoms with Crippen LogP contribution in [-0.2, 0) is 6.54 Å².